The molecule has 0 saturated carbocycles. The molecule has 2 rings (SSSR count). The summed E-state index contributed by atoms with van der Waals surface area (Å²) in [7, 11) is 0. The summed E-state index contributed by atoms with van der Waals surface area (Å²) in [6, 6.07) is 6.03. The van der Waals surface area contributed by atoms with E-state index in [0.29, 0.717) is 11.8 Å². The van der Waals surface area contributed by atoms with Gasteiger partial charge in [-0.3, -0.25) is 0 Å². The molecule has 0 aromatic heterocycles. The third-order valence-corrected chi connectivity index (χ3v) is 4.68. The summed E-state index contributed by atoms with van der Waals surface area (Å²) in [6.07, 6.45) is 10.5. The quantitative estimate of drug-likeness (QED) is 0.497. The van der Waals surface area contributed by atoms with Crippen molar-refractivity contribution in [2.24, 2.45) is 11.8 Å². The van der Waals surface area contributed by atoms with Crippen molar-refractivity contribution in [1.82, 2.24) is 0 Å². The standard InChI is InChI=1S/C23H28O/c1-15(2)11-22(20-9-7-16(3)18(5)12-20)14-23(24)21-10-8-17(4)19(6)13-21/h7-14,16,18,24H,1H2,2-6H3/b22-11+,23-14-. The molecular weight excluding hydrogens is 292 g/mol. The predicted octanol–water partition coefficient (Wildman–Crippen LogP) is 6.47. The Morgan fingerprint density at radius 1 is 1.08 bits per heavy atom. The number of allylic oxidation sites excluding steroid dienone is 8. The zero-order chi connectivity index (χ0) is 17.9. The van der Waals surface area contributed by atoms with E-state index >= 15 is 0 Å². The van der Waals surface area contributed by atoms with Crippen LogP contribution in [-0.2, 0) is 0 Å². The topological polar surface area (TPSA) is 20.2 Å². The molecule has 0 radical (unpaired) electrons. The summed E-state index contributed by atoms with van der Waals surface area (Å²) >= 11 is 0. The summed E-state index contributed by atoms with van der Waals surface area (Å²) < 4.78 is 0. The molecule has 1 aliphatic rings. The third-order valence-electron chi connectivity index (χ3n) is 4.68. The van der Waals surface area contributed by atoms with Crippen molar-refractivity contribution in [3.63, 3.8) is 0 Å². The van der Waals surface area contributed by atoms with Crippen molar-refractivity contribution in [3.8, 4) is 0 Å². The second-order valence-electron chi connectivity index (χ2n) is 6.97. The lowest BCUT2D eigenvalue weighted by Gasteiger charge is -2.20. The molecule has 0 spiro atoms. The average molecular weight is 320 g/mol. The molecule has 0 aliphatic heterocycles. The minimum Gasteiger partial charge on any atom is -0.507 e. The molecule has 0 fully saturated rings. The third kappa shape index (κ3) is 4.38. The Morgan fingerprint density at radius 3 is 2.38 bits per heavy atom. The van der Waals surface area contributed by atoms with Crippen LogP contribution in [0.3, 0.4) is 0 Å². The van der Waals surface area contributed by atoms with E-state index in [0.717, 1.165) is 22.3 Å². The zero-order valence-electron chi connectivity index (χ0n) is 15.4. The van der Waals surface area contributed by atoms with Crippen LogP contribution < -0.4 is 0 Å². The molecule has 1 aromatic rings. The molecule has 0 amide bonds. The average Bonchev–Trinajstić information content (AvgIpc) is 2.51. The highest BCUT2D eigenvalue weighted by Gasteiger charge is 2.14. The van der Waals surface area contributed by atoms with Crippen LogP contribution in [0.2, 0.25) is 0 Å². The molecule has 1 N–H and O–H groups in total. The number of rotatable bonds is 4. The van der Waals surface area contributed by atoms with Gasteiger partial charge in [0, 0.05) is 5.56 Å². The Bertz CT molecular complexity index is 756. The Morgan fingerprint density at radius 2 is 1.79 bits per heavy atom. The summed E-state index contributed by atoms with van der Waals surface area (Å²) in [4.78, 5) is 0. The number of hydrogen-bond acceptors (Lipinski definition) is 1. The molecule has 0 heterocycles. The lowest BCUT2D eigenvalue weighted by Crippen LogP contribution is -2.07. The van der Waals surface area contributed by atoms with Crippen LogP contribution in [0.5, 0.6) is 0 Å². The first kappa shape index (κ1) is 18.1. The van der Waals surface area contributed by atoms with Gasteiger partial charge in [0.2, 0.25) is 0 Å². The molecule has 1 heteroatoms. The fourth-order valence-electron chi connectivity index (χ4n) is 2.72. The van der Waals surface area contributed by atoms with Gasteiger partial charge >= 0.3 is 0 Å². The summed E-state index contributed by atoms with van der Waals surface area (Å²) in [5.41, 5.74) is 6.34. The van der Waals surface area contributed by atoms with Gasteiger partial charge < -0.3 is 5.11 Å². The summed E-state index contributed by atoms with van der Waals surface area (Å²) in [5, 5.41) is 10.6. The van der Waals surface area contributed by atoms with Crippen LogP contribution in [0.4, 0.5) is 0 Å². The SMILES string of the molecule is C=C(C)/C=C(\C=C(/O)c1ccc(C)c(C)c1)C1=CC(C)C(C)C=C1. The second kappa shape index (κ2) is 7.53. The van der Waals surface area contributed by atoms with Gasteiger partial charge in [-0.1, -0.05) is 62.4 Å². The van der Waals surface area contributed by atoms with E-state index < -0.39 is 0 Å². The van der Waals surface area contributed by atoms with Crippen molar-refractivity contribution < 1.29 is 5.11 Å². The lowest BCUT2D eigenvalue weighted by atomic mass is 9.85. The maximum atomic E-state index is 10.6. The Balaban J connectivity index is 2.42. The van der Waals surface area contributed by atoms with E-state index in [1.165, 1.54) is 11.1 Å². The van der Waals surface area contributed by atoms with Crippen LogP contribution in [0, 0.1) is 25.7 Å². The van der Waals surface area contributed by atoms with Gasteiger partial charge in [0.25, 0.3) is 0 Å². The fourth-order valence-corrected chi connectivity index (χ4v) is 2.72. The molecule has 1 nitrogen and oxygen atoms in total. The fraction of sp³-hybridized carbons (Fsp3) is 0.304. The number of benzene rings is 1. The van der Waals surface area contributed by atoms with Gasteiger partial charge in [0.15, 0.2) is 0 Å². The number of aliphatic hydroxyl groups is 1. The van der Waals surface area contributed by atoms with Gasteiger partial charge in [-0.05, 0) is 67.0 Å². The maximum Gasteiger partial charge on any atom is 0.123 e. The lowest BCUT2D eigenvalue weighted by molar-refractivity contribution is 0.511. The van der Waals surface area contributed by atoms with Crippen LogP contribution in [0.25, 0.3) is 5.76 Å². The number of aliphatic hydroxyl groups excluding tert-OH is 1. The molecule has 2 unspecified atom stereocenters. The van der Waals surface area contributed by atoms with Gasteiger partial charge in [-0.25, -0.2) is 0 Å². The first-order valence-electron chi connectivity index (χ1n) is 8.54. The molecule has 0 bridgehead atoms. The van der Waals surface area contributed by atoms with Gasteiger partial charge in [-0.2, -0.15) is 0 Å². The highest BCUT2D eigenvalue weighted by Crippen LogP contribution is 2.29. The van der Waals surface area contributed by atoms with Crippen LogP contribution in [-0.4, -0.2) is 5.11 Å². The van der Waals surface area contributed by atoms with Gasteiger partial charge in [-0.15, -0.1) is 0 Å². The second-order valence-corrected chi connectivity index (χ2v) is 6.97. The predicted molar refractivity (Wildman–Crippen MR) is 105 cm³/mol. The van der Waals surface area contributed by atoms with Crippen molar-refractivity contribution in [2.75, 3.05) is 0 Å². The van der Waals surface area contributed by atoms with Crippen LogP contribution in [0.15, 0.2) is 71.9 Å². The van der Waals surface area contributed by atoms with Crippen molar-refractivity contribution in [1.29, 1.82) is 0 Å². The minimum atomic E-state index is 0.283. The highest BCUT2D eigenvalue weighted by atomic mass is 16.3. The Kier molecular flexibility index (Phi) is 5.66. The van der Waals surface area contributed by atoms with E-state index in [1.54, 1.807) is 0 Å². The smallest absolute Gasteiger partial charge is 0.123 e. The van der Waals surface area contributed by atoms with E-state index in [4.69, 9.17) is 0 Å². The van der Waals surface area contributed by atoms with Gasteiger partial charge in [0.1, 0.15) is 5.76 Å². The molecule has 126 valence electrons. The largest absolute Gasteiger partial charge is 0.507 e. The van der Waals surface area contributed by atoms with E-state index in [-0.39, 0.29) is 5.76 Å². The molecule has 1 aromatic carbocycles. The summed E-state index contributed by atoms with van der Waals surface area (Å²) in [6.45, 7) is 14.5. The summed E-state index contributed by atoms with van der Waals surface area (Å²) in [5.74, 6) is 1.30. The van der Waals surface area contributed by atoms with E-state index in [1.807, 2.05) is 37.3 Å². The monoisotopic (exact) mass is 320 g/mol. The van der Waals surface area contributed by atoms with Crippen molar-refractivity contribution in [2.45, 2.75) is 34.6 Å². The first-order chi connectivity index (χ1) is 11.3. The molecule has 1 aliphatic carbocycles. The number of aryl methyl sites for hydroxylation is 2. The zero-order valence-corrected chi connectivity index (χ0v) is 15.4. The molecule has 0 saturated heterocycles. The molecular formula is C23H28O. The first-order valence-corrected chi connectivity index (χ1v) is 8.54. The number of hydrogen-bond donors (Lipinski definition) is 1. The van der Waals surface area contributed by atoms with E-state index in [9.17, 15) is 5.11 Å². The minimum absolute atomic E-state index is 0.283. The maximum absolute atomic E-state index is 10.6. The van der Waals surface area contributed by atoms with Crippen LogP contribution >= 0.6 is 0 Å². The van der Waals surface area contributed by atoms with Crippen molar-refractivity contribution in [3.05, 3.63) is 88.6 Å². The Labute approximate surface area is 146 Å². The normalized spacial score (nSPS) is 21.6. The van der Waals surface area contributed by atoms with E-state index in [2.05, 4.69) is 52.5 Å². The van der Waals surface area contributed by atoms with Gasteiger partial charge in [0.05, 0.1) is 0 Å². The highest BCUT2D eigenvalue weighted by molar-refractivity contribution is 5.66. The molecule has 24 heavy (non-hydrogen) atoms. The van der Waals surface area contributed by atoms with Crippen molar-refractivity contribution >= 4 is 5.76 Å². The molecule has 2 atom stereocenters. The Hall–Kier alpha value is -2.28. The van der Waals surface area contributed by atoms with Crippen LogP contribution in [0.1, 0.15) is 37.5 Å².